The molecule has 0 aromatic heterocycles. The molecule has 0 saturated carbocycles. The summed E-state index contributed by atoms with van der Waals surface area (Å²) in [6.07, 6.45) is 1.28. The maximum absolute atomic E-state index is 5.35. The standard InChI is InChI=1S/C9H9NO.C6H16N.2HI/c1-7-10(2)8-5-3-4-6-9(8)11-7;1-5-6-7(2,3)4;;/h3-6H,1H2,2H3;5-6H2,1-4H3;2*1H/q;+1;;/p-1. The summed E-state index contributed by atoms with van der Waals surface area (Å²) in [4.78, 5) is 1.93. The molecule has 0 fully saturated rings. The fourth-order valence-electron chi connectivity index (χ4n) is 1.82. The molecule has 116 valence electrons. The molecule has 1 aliphatic heterocycles. The summed E-state index contributed by atoms with van der Waals surface area (Å²) >= 11 is 0. The predicted molar refractivity (Wildman–Crippen MR) is 93.2 cm³/mol. The van der Waals surface area contributed by atoms with Crippen molar-refractivity contribution in [3.8, 4) is 5.75 Å². The number of benzene rings is 1. The van der Waals surface area contributed by atoms with Crippen LogP contribution >= 0.6 is 24.0 Å². The van der Waals surface area contributed by atoms with E-state index >= 15 is 0 Å². The number of hydrogen-bond donors (Lipinski definition) is 0. The highest BCUT2D eigenvalue weighted by Gasteiger charge is 2.19. The molecule has 0 unspecified atom stereocenters. The van der Waals surface area contributed by atoms with Gasteiger partial charge in [0.05, 0.1) is 33.4 Å². The normalized spacial score (nSPS) is 12.2. The van der Waals surface area contributed by atoms with Gasteiger partial charge in [-0.05, 0) is 25.1 Å². The van der Waals surface area contributed by atoms with Gasteiger partial charge in [-0.25, -0.2) is 0 Å². The van der Waals surface area contributed by atoms with Gasteiger partial charge in [0.2, 0.25) is 0 Å². The Morgan fingerprint density at radius 1 is 1.20 bits per heavy atom. The summed E-state index contributed by atoms with van der Waals surface area (Å²) in [5, 5.41) is 0. The maximum Gasteiger partial charge on any atom is 0.193 e. The summed E-state index contributed by atoms with van der Waals surface area (Å²) < 4.78 is 6.44. The molecule has 0 N–H and O–H groups in total. The largest absolute Gasteiger partial charge is 1.00 e. The minimum atomic E-state index is 0. The van der Waals surface area contributed by atoms with Crippen LogP contribution in [0.3, 0.4) is 0 Å². The van der Waals surface area contributed by atoms with Crippen LogP contribution < -0.4 is 33.6 Å². The Balaban J connectivity index is 0. The molecule has 2 rings (SSSR count). The average molecular weight is 504 g/mol. The highest BCUT2D eigenvalue weighted by molar-refractivity contribution is 14.0. The second-order valence-electron chi connectivity index (χ2n) is 5.54. The molecule has 0 atom stereocenters. The van der Waals surface area contributed by atoms with E-state index in [0.29, 0.717) is 5.88 Å². The van der Waals surface area contributed by atoms with Crippen molar-refractivity contribution in [3.05, 3.63) is 36.7 Å². The third kappa shape index (κ3) is 7.12. The van der Waals surface area contributed by atoms with E-state index in [1.54, 1.807) is 0 Å². The van der Waals surface area contributed by atoms with Crippen molar-refractivity contribution in [2.75, 3.05) is 39.6 Å². The molecule has 0 amide bonds. The van der Waals surface area contributed by atoms with Crippen LogP contribution in [0.25, 0.3) is 0 Å². The van der Waals surface area contributed by atoms with Crippen LogP contribution in [0, 0.1) is 0 Å². The van der Waals surface area contributed by atoms with Crippen LogP contribution in [-0.4, -0.2) is 39.2 Å². The minimum Gasteiger partial charge on any atom is -1.00 e. The Hall–Kier alpha value is -0.0200. The third-order valence-corrected chi connectivity index (χ3v) is 2.72. The number of para-hydroxylation sites is 2. The Morgan fingerprint density at radius 2 is 1.75 bits per heavy atom. The van der Waals surface area contributed by atoms with Gasteiger partial charge in [0.15, 0.2) is 11.6 Å². The lowest BCUT2D eigenvalue weighted by Crippen LogP contribution is -3.00. The number of nitrogens with zero attached hydrogens (tertiary/aromatic N) is 2. The molecular weight excluding hydrogens is 478 g/mol. The Labute approximate surface area is 157 Å². The predicted octanol–water partition coefficient (Wildman–Crippen LogP) is 0.711. The highest BCUT2D eigenvalue weighted by Crippen LogP contribution is 2.36. The number of anilines is 1. The first-order valence-corrected chi connectivity index (χ1v) is 6.35. The minimum absolute atomic E-state index is 0. The molecule has 3 nitrogen and oxygen atoms in total. The average Bonchev–Trinajstić information content (AvgIpc) is 2.55. The van der Waals surface area contributed by atoms with Crippen molar-refractivity contribution in [2.24, 2.45) is 0 Å². The van der Waals surface area contributed by atoms with Gasteiger partial charge in [-0.15, -0.1) is 24.0 Å². The van der Waals surface area contributed by atoms with E-state index < -0.39 is 0 Å². The van der Waals surface area contributed by atoms with E-state index in [9.17, 15) is 0 Å². The first-order valence-electron chi connectivity index (χ1n) is 6.35. The van der Waals surface area contributed by atoms with Crippen LogP contribution in [-0.2, 0) is 0 Å². The zero-order chi connectivity index (χ0) is 13.8. The highest BCUT2D eigenvalue weighted by atomic mass is 127. The quantitative estimate of drug-likeness (QED) is 0.435. The molecule has 1 aromatic carbocycles. The second-order valence-corrected chi connectivity index (χ2v) is 5.54. The van der Waals surface area contributed by atoms with E-state index in [1.165, 1.54) is 13.0 Å². The number of hydrogen-bond acceptors (Lipinski definition) is 2. The topological polar surface area (TPSA) is 12.5 Å². The maximum atomic E-state index is 5.35. The molecule has 0 bridgehead atoms. The molecule has 0 aliphatic carbocycles. The summed E-state index contributed by atoms with van der Waals surface area (Å²) in [6, 6.07) is 7.88. The van der Waals surface area contributed by atoms with E-state index in [4.69, 9.17) is 4.74 Å². The third-order valence-electron chi connectivity index (χ3n) is 2.72. The van der Waals surface area contributed by atoms with Gasteiger partial charge in [-0.2, -0.15) is 0 Å². The second kappa shape index (κ2) is 9.83. The van der Waals surface area contributed by atoms with Gasteiger partial charge < -0.3 is 38.1 Å². The monoisotopic (exact) mass is 504 g/mol. The first kappa shape index (κ1) is 22.3. The van der Waals surface area contributed by atoms with E-state index in [2.05, 4.69) is 34.6 Å². The number of fused-ring (bicyclic) bond motifs is 1. The molecular formula is C15H26I2N2O. The number of rotatable bonds is 2. The zero-order valence-corrected chi connectivity index (χ0v) is 17.5. The van der Waals surface area contributed by atoms with Crippen molar-refractivity contribution < 1.29 is 33.2 Å². The van der Waals surface area contributed by atoms with E-state index in [-0.39, 0.29) is 48.0 Å². The molecule has 5 heteroatoms. The lowest BCUT2D eigenvalue weighted by atomic mass is 10.3. The number of halogens is 2. The lowest BCUT2D eigenvalue weighted by molar-refractivity contribution is -0.870. The zero-order valence-electron chi connectivity index (χ0n) is 13.0. The summed E-state index contributed by atoms with van der Waals surface area (Å²) in [6.45, 7) is 7.24. The molecule has 0 radical (unpaired) electrons. The first-order chi connectivity index (χ1) is 8.35. The number of quaternary nitrogens is 1. The van der Waals surface area contributed by atoms with E-state index in [1.807, 2.05) is 36.2 Å². The SMILES string of the molecule is C=C1Oc2ccccc2N1C.CCC[N+](C)(C)C.I.[I-]. The van der Waals surface area contributed by atoms with Gasteiger partial charge >= 0.3 is 0 Å². The molecule has 1 aliphatic rings. The lowest BCUT2D eigenvalue weighted by Gasteiger charge is -2.22. The molecule has 20 heavy (non-hydrogen) atoms. The molecule has 0 spiro atoms. The summed E-state index contributed by atoms with van der Waals surface area (Å²) in [5.74, 6) is 1.58. The van der Waals surface area contributed by atoms with Crippen LogP contribution in [0.4, 0.5) is 5.69 Å². The smallest absolute Gasteiger partial charge is 0.193 e. The van der Waals surface area contributed by atoms with E-state index in [0.717, 1.165) is 15.9 Å². The Morgan fingerprint density at radius 3 is 2.15 bits per heavy atom. The van der Waals surface area contributed by atoms with Gasteiger partial charge in [0.1, 0.15) is 0 Å². The Kier molecular flexibility index (Phi) is 10.9. The summed E-state index contributed by atoms with van der Waals surface area (Å²) in [5.41, 5.74) is 1.08. The van der Waals surface area contributed by atoms with Crippen molar-refractivity contribution in [1.29, 1.82) is 0 Å². The van der Waals surface area contributed by atoms with Crippen LogP contribution in [0.5, 0.6) is 5.75 Å². The van der Waals surface area contributed by atoms with Crippen LogP contribution in [0.1, 0.15) is 13.3 Å². The van der Waals surface area contributed by atoms with Crippen molar-refractivity contribution in [2.45, 2.75) is 13.3 Å². The Bertz CT molecular complexity index is 417. The van der Waals surface area contributed by atoms with Crippen molar-refractivity contribution in [1.82, 2.24) is 0 Å². The fourth-order valence-corrected chi connectivity index (χ4v) is 1.82. The summed E-state index contributed by atoms with van der Waals surface area (Å²) in [7, 11) is 8.57. The van der Waals surface area contributed by atoms with Crippen molar-refractivity contribution in [3.63, 3.8) is 0 Å². The van der Waals surface area contributed by atoms with Crippen molar-refractivity contribution >= 4 is 29.7 Å². The fraction of sp³-hybridized carbons (Fsp3) is 0.467. The molecule has 0 saturated heterocycles. The van der Waals surface area contributed by atoms with Crippen LogP contribution in [0.15, 0.2) is 36.7 Å². The molecule has 1 aromatic rings. The number of ether oxygens (including phenoxy) is 1. The van der Waals surface area contributed by atoms with Gasteiger partial charge in [-0.1, -0.05) is 19.1 Å². The van der Waals surface area contributed by atoms with Gasteiger partial charge in [0.25, 0.3) is 0 Å². The van der Waals surface area contributed by atoms with Gasteiger partial charge in [0, 0.05) is 7.05 Å². The van der Waals surface area contributed by atoms with Gasteiger partial charge in [-0.3, -0.25) is 0 Å². The molecule has 1 heterocycles. The van der Waals surface area contributed by atoms with Crippen LogP contribution in [0.2, 0.25) is 0 Å².